The van der Waals surface area contributed by atoms with Gasteiger partial charge in [0.05, 0.1) is 11.0 Å². The van der Waals surface area contributed by atoms with E-state index in [9.17, 15) is 4.79 Å². The maximum atomic E-state index is 12.4. The molecule has 4 rings (SSSR count). The summed E-state index contributed by atoms with van der Waals surface area (Å²) in [5.41, 5.74) is 6.57. The lowest BCUT2D eigenvalue weighted by atomic mass is 10.1. The molecule has 1 amide bonds. The first-order chi connectivity index (χ1) is 14.5. The average molecular weight is 462 g/mol. The van der Waals surface area contributed by atoms with Crippen molar-refractivity contribution in [2.24, 2.45) is 0 Å². The van der Waals surface area contributed by atoms with E-state index in [1.54, 1.807) is 0 Å². The fourth-order valence-electron chi connectivity index (χ4n) is 3.62. The van der Waals surface area contributed by atoms with Crippen molar-refractivity contribution in [1.29, 1.82) is 0 Å². The first-order valence-corrected chi connectivity index (χ1v) is 10.8. The monoisotopic (exact) mass is 461 g/mol. The second kappa shape index (κ2) is 8.84. The van der Waals surface area contributed by atoms with Crippen LogP contribution in [0.5, 0.6) is 0 Å². The molecule has 0 spiro atoms. The summed E-state index contributed by atoms with van der Waals surface area (Å²) in [5, 5.41) is 3.02. The Balaban J connectivity index is 1.55. The number of fused-ring (bicyclic) bond motifs is 1. The maximum Gasteiger partial charge on any atom is 0.251 e. The molecular weight excluding hydrogens is 438 g/mol. The van der Waals surface area contributed by atoms with Crippen LogP contribution in [-0.2, 0) is 13.0 Å². The minimum Gasteiger partial charge on any atom is -0.352 e. The Morgan fingerprint density at radius 2 is 1.80 bits per heavy atom. The number of nitrogens with one attached hydrogen (secondary N) is 1. The first kappa shape index (κ1) is 20.4. The highest BCUT2D eigenvalue weighted by atomic mass is 79.9. The van der Waals surface area contributed by atoms with Crippen molar-refractivity contribution in [1.82, 2.24) is 14.9 Å². The van der Waals surface area contributed by atoms with E-state index in [4.69, 9.17) is 4.98 Å². The summed E-state index contributed by atoms with van der Waals surface area (Å²) in [6, 6.07) is 22.1. The fraction of sp³-hybridized carbons (Fsp3) is 0.200. The van der Waals surface area contributed by atoms with E-state index in [1.807, 2.05) is 42.5 Å². The number of carbonyl (C=O) groups excluding carboxylic acids is 1. The lowest BCUT2D eigenvalue weighted by Crippen LogP contribution is -2.26. The number of aryl methyl sites for hydroxylation is 2. The van der Waals surface area contributed by atoms with Crippen LogP contribution in [0.15, 0.2) is 71.2 Å². The second-order valence-corrected chi connectivity index (χ2v) is 8.46. The smallest absolute Gasteiger partial charge is 0.251 e. The summed E-state index contributed by atoms with van der Waals surface area (Å²) in [7, 11) is 0. The minimum absolute atomic E-state index is 0.0697. The van der Waals surface area contributed by atoms with Crippen LogP contribution in [0, 0.1) is 13.8 Å². The van der Waals surface area contributed by atoms with Gasteiger partial charge >= 0.3 is 0 Å². The third kappa shape index (κ3) is 4.46. The zero-order chi connectivity index (χ0) is 21.1. The van der Waals surface area contributed by atoms with Gasteiger partial charge in [0, 0.05) is 29.5 Å². The fourth-order valence-corrected chi connectivity index (χ4v) is 3.89. The van der Waals surface area contributed by atoms with Gasteiger partial charge < -0.3 is 9.88 Å². The molecule has 3 aromatic carbocycles. The molecule has 0 aliphatic heterocycles. The molecule has 4 aromatic rings. The summed E-state index contributed by atoms with van der Waals surface area (Å²) < 4.78 is 3.22. The Hall–Kier alpha value is -2.92. The predicted octanol–water partition coefficient (Wildman–Crippen LogP) is 5.44. The minimum atomic E-state index is -0.0697. The van der Waals surface area contributed by atoms with Crippen LogP contribution in [-0.4, -0.2) is 22.0 Å². The molecule has 0 fully saturated rings. The number of hydrogen-bond acceptors (Lipinski definition) is 2. The molecule has 152 valence electrons. The van der Waals surface area contributed by atoms with E-state index >= 15 is 0 Å². The molecule has 0 aliphatic rings. The van der Waals surface area contributed by atoms with E-state index < -0.39 is 0 Å². The Bertz CT molecular complexity index is 1190. The number of aromatic nitrogens is 2. The van der Waals surface area contributed by atoms with Crippen molar-refractivity contribution in [3.63, 3.8) is 0 Å². The van der Waals surface area contributed by atoms with Crippen molar-refractivity contribution >= 4 is 32.9 Å². The molecule has 0 atom stereocenters. The van der Waals surface area contributed by atoms with Crippen molar-refractivity contribution in [2.75, 3.05) is 6.54 Å². The molecule has 0 aliphatic carbocycles. The lowest BCUT2D eigenvalue weighted by Gasteiger charge is -2.13. The van der Waals surface area contributed by atoms with Gasteiger partial charge in [-0.2, -0.15) is 0 Å². The van der Waals surface area contributed by atoms with Crippen molar-refractivity contribution in [3.8, 4) is 0 Å². The number of rotatable bonds is 6. The zero-order valence-electron chi connectivity index (χ0n) is 17.2. The highest BCUT2D eigenvalue weighted by Crippen LogP contribution is 2.20. The largest absolute Gasteiger partial charge is 0.352 e. The molecule has 0 saturated carbocycles. The maximum absolute atomic E-state index is 12.4. The van der Waals surface area contributed by atoms with Gasteiger partial charge in [-0.05, 0) is 61.4 Å². The molecule has 5 heteroatoms. The van der Waals surface area contributed by atoms with Gasteiger partial charge in [-0.3, -0.25) is 4.79 Å². The topological polar surface area (TPSA) is 46.9 Å². The quantitative estimate of drug-likeness (QED) is 0.415. The molecule has 4 nitrogen and oxygen atoms in total. The third-order valence-corrected chi connectivity index (χ3v) is 5.84. The Labute approximate surface area is 185 Å². The van der Waals surface area contributed by atoms with Gasteiger partial charge in [0.1, 0.15) is 5.82 Å². The summed E-state index contributed by atoms with van der Waals surface area (Å²) in [4.78, 5) is 17.3. The molecule has 1 N–H and O–H groups in total. The summed E-state index contributed by atoms with van der Waals surface area (Å²) in [6.07, 6.45) is 0.668. The average Bonchev–Trinajstić information content (AvgIpc) is 3.08. The van der Waals surface area contributed by atoms with Crippen LogP contribution >= 0.6 is 15.9 Å². The van der Waals surface area contributed by atoms with Gasteiger partial charge in [-0.1, -0.05) is 51.8 Å². The summed E-state index contributed by atoms with van der Waals surface area (Å²) in [5.74, 6) is 0.910. The van der Waals surface area contributed by atoms with Crippen molar-refractivity contribution in [2.45, 2.75) is 26.8 Å². The SMILES string of the molecule is Cc1ccc(C)c(Cn2c(CCNC(=O)c3ccc(Br)cc3)nc3ccccc32)c1. The van der Waals surface area contributed by atoms with E-state index in [2.05, 4.69) is 63.9 Å². The van der Waals surface area contributed by atoms with Crippen LogP contribution in [0.1, 0.15) is 32.9 Å². The van der Waals surface area contributed by atoms with Gasteiger partial charge in [0.15, 0.2) is 0 Å². The van der Waals surface area contributed by atoms with Crippen molar-refractivity contribution in [3.05, 3.63) is 99.3 Å². The molecule has 0 radical (unpaired) electrons. The molecule has 0 saturated heterocycles. The number of benzene rings is 3. The summed E-state index contributed by atoms with van der Waals surface area (Å²) in [6.45, 7) is 5.56. The van der Waals surface area contributed by atoms with E-state index in [-0.39, 0.29) is 5.91 Å². The van der Waals surface area contributed by atoms with E-state index in [0.717, 1.165) is 27.9 Å². The molecule has 0 bridgehead atoms. The number of amides is 1. The number of imidazole rings is 1. The highest BCUT2D eigenvalue weighted by molar-refractivity contribution is 9.10. The van der Waals surface area contributed by atoms with E-state index in [1.165, 1.54) is 16.7 Å². The van der Waals surface area contributed by atoms with Gasteiger partial charge in [-0.15, -0.1) is 0 Å². The van der Waals surface area contributed by atoms with Gasteiger partial charge in [0.25, 0.3) is 5.91 Å². The van der Waals surface area contributed by atoms with Gasteiger partial charge in [0.2, 0.25) is 0 Å². The van der Waals surface area contributed by atoms with Gasteiger partial charge in [-0.25, -0.2) is 4.98 Å². The summed E-state index contributed by atoms with van der Waals surface area (Å²) >= 11 is 3.40. The number of hydrogen-bond donors (Lipinski definition) is 1. The Morgan fingerprint density at radius 3 is 2.60 bits per heavy atom. The highest BCUT2D eigenvalue weighted by Gasteiger charge is 2.13. The number of carbonyl (C=O) groups is 1. The molecular formula is C25H24BrN3O. The zero-order valence-corrected chi connectivity index (χ0v) is 18.7. The van der Waals surface area contributed by atoms with Crippen LogP contribution in [0.2, 0.25) is 0 Å². The molecule has 1 aromatic heterocycles. The standard InChI is InChI=1S/C25H24BrN3O/c1-17-7-8-18(2)20(15-17)16-29-23-6-4-3-5-22(23)28-24(29)13-14-27-25(30)19-9-11-21(26)12-10-19/h3-12,15H,13-14,16H2,1-2H3,(H,27,30). The number of nitrogens with zero attached hydrogens (tertiary/aromatic N) is 2. The third-order valence-electron chi connectivity index (χ3n) is 5.31. The van der Waals surface area contributed by atoms with E-state index in [0.29, 0.717) is 18.5 Å². The van der Waals surface area contributed by atoms with Crippen molar-refractivity contribution < 1.29 is 4.79 Å². The van der Waals surface area contributed by atoms with Crippen LogP contribution in [0.4, 0.5) is 0 Å². The number of para-hydroxylation sites is 2. The normalized spacial score (nSPS) is 11.0. The lowest BCUT2D eigenvalue weighted by molar-refractivity contribution is 0.0954. The predicted molar refractivity (Wildman–Crippen MR) is 125 cm³/mol. The first-order valence-electron chi connectivity index (χ1n) is 10.1. The second-order valence-electron chi connectivity index (χ2n) is 7.55. The van der Waals surface area contributed by atoms with Crippen LogP contribution < -0.4 is 5.32 Å². The van der Waals surface area contributed by atoms with Crippen LogP contribution in [0.3, 0.4) is 0 Å². The Morgan fingerprint density at radius 1 is 1.03 bits per heavy atom. The molecule has 0 unspecified atom stereocenters. The van der Waals surface area contributed by atoms with Crippen LogP contribution in [0.25, 0.3) is 11.0 Å². The molecule has 1 heterocycles. The Kier molecular flexibility index (Phi) is 6.00. The number of halogens is 1. The molecule has 30 heavy (non-hydrogen) atoms.